The Morgan fingerprint density at radius 2 is 1.32 bits per heavy atom. The summed E-state index contributed by atoms with van der Waals surface area (Å²) in [4.78, 5) is 15.3. The lowest BCUT2D eigenvalue weighted by Crippen LogP contribution is -2.36. The molecule has 0 atom stereocenters. The summed E-state index contributed by atoms with van der Waals surface area (Å²) < 4.78 is 79.2. The van der Waals surface area contributed by atoms with Gasteiger partial charge < -0.3 is 30.4 Å². The van der Waals surface area contributed by atoms with Gasteiger partial charge in [0.05, 0.1) is 33.4 Å². The number of carbonyl (C=O) groups is 1. The molecule has 2 heterocycles. The zero-order valence-electron chi connectivity index (χ0n) is 32.1. The summed E-state index contributed by atoms with van der Waals surface area (Å²) in [5.74, 6) is 1.71. The summed E-state index contributed by atoms with van der Waals surface area (Å²) in [7, 11) is -5.03. The molecule has 0 bridgehead atoms. The number of benzene rings is 4. The number of nitrogens with one attached hydrogen (secondary N) is 2. The smallest absolute Gasteiger partial charge is 0.404 e. The maximum Gasteiger partial charge on any atom is 0.404 e. The molecule has 0 saturated carbocycles. The van der Waals surface area contributed by atoms with Gasteiger partial charge >= 0.3 is 6.09 Å². The number of nitrogens with two attached hydrogens (primary N) is 1. The third-order valence-electron chi connectivity index (χ3n) is 9.00. The highest BCUT2D eigenvalue weighted by Crippen LogP contribution is 2.41. The van der Waals surface area contributed by atoms with Gasteiger partial charge in [-0.05, 0) is 82.1 Å². The van der Waals surface area contributed by atoms with Crippen molar-refractivity contribution in [1.29, 1.82) is 0 Å². The predicted octanol–water partition coefficient (Wildman–Crippen LogP) is 4.00. The first-order valence-electron chi connectivity index (χ1n) is 17.8. The number of ether oxygens (including phenoxy) is 3. The fourth-order valence-corrected chi connectivity index (χ4v) is 9.46. The molecule has 59 heavy (non-hydrogen) atoms. The lowest BCUT2D eigenvalue weighted by Gasteiger charge is -2.26. The lowest BCUT2D eigenvalue weighted by molar-refractivity contribution is 0.194. The van der Waals surface area contributed by atoms with Gasteiger partial charge in [-0.2, -0.15) is 9.10 Å². The van der Waals surface area contributed by atoms with Crippen LogP contribution in [0, 0.1) is 0 Å². The van der Waals surface area contributed by atoms with E-state index in [2.05, 4.69) is 30.4 Å². The summed E-state index contributed by atoms with van der Waals surface area (Å²) in [6, 6.07) is 26.4. The van der Waals surface area contributed by atoms with Gasteiger partial charge in [-0.25, -0.2) is 31.3 Å². The van der Waals surface area contributed by atoms with Crippen LogP contribution in [-0.4, -0.2) is 92.0 Å². The molecule has 1 amide bonds. The van der Waals surface area contributed by atoms with Crippen LogP contribution in [0.25, 0.3) is 22.5 Å². The van der Waals surface area contributed by atoms with Crippen LogP contribution in [0.15, 0.2) is 113 Å². The average Bonchev–Trinajstić information content (AvgIpc) is 3.70. The number of hydrogen-bond donors (Lipinski definition) is 4. The number of hydrogen-bond acceptors (Lipinski definition) is 13. The first-order chi connectivity index (χ1) is 28.3. The first kappa shape index (κ1) is 42.0. The highest BCUT2D eigenvalue weighted by molar-refractivity contribution is 7.92. The zero-order chi connectivity index (χ0) is 42.2. The van der Waals surface area contributed by atoms with Crippen molar-refractivity contribution in [3.8, 4) is 39.8 Å². The van der Waals surface area contributed by atoms with Crippen LogP contribution in [0.1, 0.15) is 16.7 Å². The van der Waals surface area contributed by atoms with E-state index in [1.54, 1.807) is 86.0 Å². The monoisotopic (exact) mass is 843 g/mol. The number of tetrazole rings is 1. The Labute approximate surface area is 340 Å². The zero-order valence-corrected chi connectivity index (χ0v) is 33.8. The highest BCUT2D eigenvalue weighted by atomic mass is 32.2. The van der Waals surface area contributed by atoms with Crippen LogP contribution in [0.5, 0.6) is 17.2 Å². The number of sulfonamides is 2. The Hall–Kier alpha value is -6.61. The molecule has 20 heteroatoms. The fourth-order valence-electron chi connectivity index (χ4n) is 6.02. The molecule has 0 fully saturated rings. The minimum Gasteiger partial charge on any atom is -0.497 e. The number of pyridine rings is 1. The van der Waals surface area contributed by atoms with Gasteiger partial charge in [0.25, 0.3) is 0 Å². The average molecular weight is 844 g/mol. The number of amides is 1. The second-order valence-electron chi connectivity index (χ2n) is 12.9. The molecule has 308 valence electrons. The molecular weight excluding hydrogens is 803 g/mol. The summed E-state index contributed by atoms with van der Waals surface area (Å²) in [6.07, 6.45) is 0.0516. The van der Waals surface area contributed by atoms with Gasteiger partial charge in [0, 0.05) is 37.9 Å². The molecule has 5 N–H and O–H groups in total. The van der Waals surface area contributed by atoms with Gasteiger partial charge in [-0.15, -0.1) is 10.2 Å². The van der Waals surface area contributed by atoms with Crippen molar-refractivity contribution in [1.82, 2.24) is 39.5 Å². The van der Waals surface area contributed by atoms with Crippen molar-refractivity contribution < 1.29 is 40.9 Å². The number of anilines is 1. The Morgan fingerprint density at radius 3 is 1.83 bits per heavy atom. The number of methoxy groups -OCH3 is 3. The van der Waals surface area contributed by atoms with E-state index in [1.165, 1.54) is 37.3 Å². The van der Waals surface area contributed by atoms with Crippen LogP contribution in [0.2, 0.25) is 0 Å². The van der Waals surface area contributed by atoms with E-state index in [0.717, 1.165) is 15.9 Å². The summed E-state index contributed by atoms with van der Waals surface area (Å²) >= 11 is 0. The van der Waals surface area contributed by atoms with E-state index in [1.807, 2.05) is 0 Å². The van der Waals surface area contributed by atoms with Gasteiger partial charge in [-0.1, -0.05) is 42.5 Å². The largest absolute Gasteiger partial charge is 0.497 e. The molecular formula is C39H41N9O9S2. The third kappa shape index (κ3) is 10.1. The van der Waals surface area contributed by atoms with E-state index < -0.39 is 42.5 Å². The summed E-state index contributed by atoms with van der Waals surface area (Å²) in [5, 5.41) is 24.3. The van der Waals surface area contributed by atoms with Gasteiger partial charge in [-0.3, -0.25) is 0 Å². The molecule has 0 unspecified atom stereocenters. The van der Waals surface area contributed by atoms with Gasteiger partial charge in [0.15, 0.2) is 0 Å². The topological polar surface area (TPSA) is 243 Å². The second-order valence-corrected chi connectivity index (χ2v) is 16.5. The third-order valence-corrected chi connectivity index (χ3v) is 12.5. The minimum atomic E-state index is -4.90. The standard InChI is InChI=1S/C39H41N9O9S2/c1-55-30-11-4-26(5-12-30)23-47(24-27-6-13-31(56-2)14-7-27)59(53,54)37-34(58(51,52)43-21-20-41-39(49)50)18-17-33(29-10-19-35(40)42-22-29)36(37)38-44-46-48(45-38)25-28-8-15-32(57-3)16-9-28/h4-19,22,41,43H,20-21,23-25H2,1-3H3,(H2,40,42)(H,49,50). The Bertz CT molecular complexity index is 2560. The number of rotatable bonds is 18. The number of nitrogens with zero attached hydrogens (tertiary/aromatic N) is 6. The van der Waals surface area contributed by atoms with E-state index in [0.29, 0.717) is 33.9 Å². The molecule has 2 aromatic heterocycles. The Balaban J connectivity index is 1.59. The van der Waals surface area contributed by atoms with Crippen molar-refractivity contribution in [2.75, 3.05) is 40.2 Å². The first-order valence-corrected chi connectivity index (χ1v) is 20.8. The van der Waals surface area contributed by atoms with E-state index >= 15 is 8.42 Å². The second kappa shape index (κ2) is 18.3. The number of nitrogen functional groups attached to an aromatic ring is 1. The lowest BCUT2D eigenvalue weighted by atomic mass is 10.0. The quantitative estimate of drug-likeness (QED) is 0.0895. The molecule has 0 aliphatic carbocycles. The molecule has 6 aromatic rings. The van der Waals surface area contributed by atoms with E-state index in [9.17, 15) is 13.2 Å². The predicted molar refractivity (Wildman–Crippen MR) is 217 cm³/mol. The summed E-state index contributed by atoms with van der Waals surface area (Å²) in [6.45, 7) is -1.00. The SMILES string of the molecule is COc1ccc(CN(Cc2ccc(OC)cc2)S(=O)(=O)c2c(S(=O)(=O)NCCNC(=O)O)ccc(-c3ccc(N)nc3)c2-c2nnn(Cc3ccc(OC)cc3)n2)cc1. The molecule has 0 spiro atoms. The van der Waals surface area contributed by atoms with Crippen molar-refractivity contribution in [3.05, 3.63) is 120 Å². The Morgan fingerprint density at radius 1 is 0.763 bits per heavy atom. The van der Waals surface area contributed by atoms with Gasteiger partial charge in [0.1, 0.15) is 32.9 Å². The van der Waals surface area contributed by atoms with E-state index in [-0.39, 0.29) is 48.9 Å². The normalized spacial score (nSPS) is 11.7. The highest BCUT2D eigenvalue weighted by Gasteiger charge is 2.38. The summed E-state index contributed by atoms with van der Waals surface area (Å²) in [5.41, 5.74) is 8.22. The fraction of sp³-hybridized carbons (Fsp3) is 0.205. The van der Waals surface area contributed by atoms with Crippen LogP contribution in [0.4, 0.5) is 10.6 Å². The van der Waals surface area contributed by atoms with Crippen LogP contribution >= 0.6 is 0 Å². The van der Waals surface area contributed by atoms with Crippen molar-refractivity contribution in [2.24, 2.45) is 0 Å². The van der Waals surface area contributed by atoms with E-state index in [4.69, 9.17) is 25.1 Å². The molecule has 18 nitrogen and oxygen atoms in total. The molecule has 0 saturated heterocycles. The van der Waals surface area contributed by atoms with Crippen molar-refractivity contribution in [2.45, 2.75) is 29.4 Å². The molecule has 6 rings (SSSR count). The maximum atomic E-state index is 15.6. The minimum absolute atomic E-state index is 0.120. The number of carboxylic acid groups (broad SMARTS) is 1. The molecule has 4 aromatic carbocycles. The number of aromatic nitrogens is 5. The van der Waals surface area contributed by atoms with Crippen LogP contribution < -0.4 is 30.0 Å². The molecule has 0 radical (unpaired) electrons. The molecule has 0 aliphatic heterocycles. The van der Waals surface area contributed by atoms with Crippen molar-refractivity contribution >= 4 is 32.0 Å². The van der Waals surface area contributed by atoms with Crippen LogP contribution in [0.3, 0.4) is 0 Å². The Kier molecular flexibility index (Phi) is 13.0. The van der Waals surface area contributed by atoms with Crippen molar-refractivity contribution in [3.63, 3.8) is 0 Å². The van der Waals surface area contributed by atoms with Gasteiger partial charge in [0.2, 0.25) is 25.9 Å². The molecule has 0 aliphatic rings. The van der Waals surface area contributed by atoms with Crippen LogP contribution in [-0.2, 0) is 39.7 Å². The maximum absolute atomic E-state index is 15.6.